The van der Waals surface area contributed by atoms with Gasteiger partial charge in [0.25, 0.3) is 0 Å². The van der Waals surface area contributed by atoms with Gasteiger partial charge in [-0.1, -0.05) is 19.8 Å². The number of ether oxygens (including phenoxy) is 1. The lowest BCUT2D eigenvalue weighted by Gasteiger charge is -2.28. The fourth-order valence-corrected chi connectivity index (χ4v) is 3.31. The Balaban J connectivity index is 1.59. The van der Waals surface area contributed by atoms with Crippen LogP contribution < -0.4 is 10.6 Å². The first-order valence-corrected chi connectivity index (χ1v) is 8.60. The van der Waals surface area contributed by atoms with Crippen molar-refractivity contribution in [1.29, 1.82) is 0 Å². The number of urea groups is 1. The van der Waals surface area contributed by atoms with Crippen LogP contribution in [0.3, 0.4) is 0 Å². The van der Waals surface area contributed by atoms with E-state index in [1.807, 2.05) is 12.3 Å². The van der Waals surface area contributed by atoms with Gasteiger partial charge in [-0.25, -0.2) is 9.78 Å². The summed E-state index contributed by atoms with van der Waals surface area (Å²) >= 11 is 1.54. The van der Waals surface area contributed by atoms with Gasteiger partial charge < -0.3 is 15.4 Å². The molecule has 0 bridgehead atoms. The minimum atomic E-state index is -0.169. The Morgan fingerprint density at radius 3 is 3.05 bits per heavy atom. The highest BCUT2D eigenvalue weighted by Gasteiger charge is 2.21. The molecule has 1 aliphatic carbocycles. The van der Waals surface area contributed by atoms with Crippen LogP contribution in [0.2, 0.25) is 0 Å². The number of hydrogen-bond donors (Lipinski definition) is 2. The Kier molecular flexibility index (Phi) is 6.45. The number of amides is 2. The van der Waals surface area contributed by atoms with Gasteiger partial charge in [0.1, 0.15) is 5.01 Å². The molecule has 2 rings (SSSR count). The van der Waals surface area contributed by atoms with Crippen molar-refractivity contribution in [2.75, 3.05) is 13.2 Å². The van der Waals surface area contributed by atoms with Crippen molar-refractivity contribution in [2.24, 2.45) is 5.92 Å². The maximum absolute atomic E-state index is 11.8. The number of thiazole rings is 1. The lowest BCUT2D eigenvalue weighted by atomic mass is 9.88. The lowest BCUT2D eigenvalue weighted by molar-refractivity contribution is -0.00244. The van der Waals surface area contributed by atoms with E-state index >= 15 is 0 Å². The Labute approximate surface area is 130 Å². The van der Waals surface area contributed by atoms with Crippen molar-refractivity contribution in [1.82, 2.24) is 15.6 Å². The first kappa shape index (κ1) is 16.2. The molecule has 1 aliphatic rings. The van der Waals surface area contributed by atoms with E-state index in [4.69, 9.17) is 4.74 Å². The summed E-state index contributed by atoms with van der Waals surface area (Å²) in [6.07, 6.45) is 7.08. The predicted molar refractivity (Wildman–Crippen MR) is 84.4 cm³/mol. The van der Waals surface area contributed by atoms with Crippen molar-refractivity contribution in [3.8, 4) is 0 Å². The Bertz CT molecular complexity index is 425. The minimum Gasteiger partial charge on any atom is -0.376 e. The zero-order valence-corrected chi connectivity index (χ0v) is 13.6. The van der Waals surface area contributed by atoms with Crippen molar-refractivity contribution in [3.63, 3.8) is 0 Å². The molecular formula is C15H25N3O2S. The second-order valence-corrected chi connectivity index (χ2v) is 6.59. The Morgan fingerprint density at radius 1 is 1.52 bits per heavy atom. The average Bonchev–Trinajstić information content (AvgIpc) is 2.99. The van der Waals surface area contributed by atoms with Crippen LogP contribution in [-0.4, -0.2) is 30.3 Å². The van der Waals surface area contributed by atoms with E-state index in [2.05, 4.69) is 22.5 Å². The lowest BCUT2D eigenvalue weighted by Crippen LogP contribution is -2.39. The third kappa shape index (κ3) is 5.28. The molecular weight excluding hydrogens is 286 g/mol. The molecule has 0 unspecified atom stereocenters. The van der Waals surface area contributed by atoms with E-state index in [-0.39, 0.29) is 12.1 Å². The monoisotopic (exact) mass is 311 g/mol. The van der Waals surface area contributed by atoms with Crippen molar-refractivity contribution in [3.05, 3.63) is 16.6 Å². The van der Waals surface area contributed by atoms with Gasteiger partial charge in [-0.05, 0) is 25.7 Å². The molecule has 2 N–H and O–H groups in total. The number of aromatic nitrogens is 1. The SMILES string of the molecule is C[C@H](NC(=O)NCCO[C@H]1CCCC[C@H]1C)c1nccs1. The molecule has 0 spiro atoms. The largest absolute Gasteiger partial charge is 0.376 e. The molecule has 1 aromatic heterocycles. The minimum absolute atomic E-state index is 0.0655. The molecule has 0 aromatic carbocycles. The predicted octanol–water partition coefficient (Wildman–Crippen LogP) is 3.10. The van der Waals surface area contributed by atoms with Crippen molar-refractivity contribution < 1.29 is 9.53 Å². The van der Waals surface area contributed by atoms with Crippen LogP contribution in [0, 0.1) is 5.92 Å². The summed E-state index contributed by atoms with van der Waals surface area (Å²) in [5.74, 6) is 0.637. The molecule has 21 heavy (non-hydrogen) atoms. The third-order valence-corrected chi connectivity index (χ3v) is 4.88. The van der Waals surface area contributed by atoms with Crippen molar-refractivity contribution in [2.45, 2.75) is 51.7 Å². The first-order chi connectivity index (χ1) is 10.2. The summed E-state index contributed by atoms with van der Waals surface area (Å²) in [7, 11) is 0. The summed E-state index contributed by atoms with van der Waals surface area (Å²) in [5.41, 5.74) is 0. The van der Waals surface area contributed by atoms with Crippen LogP contribution in [0.25, 0.3) is 0 Å². The molecule has 1 heterocycles. The van der Waals surface area contributed by atoms with Gasteiger partial charge >= 0.3 is 6.03 Å². The summed E-state index contributed by atoms with van der Waals surface area (Å²) in [6.45, 7) is 5.30. The van der Waals surface area contributed by atoms with E-state index in [0.29, 0.717) is 25.2 Å². The van der Waals surface area contributed by atoms with Gasteiger partial charge in [0.05, 0.1) is 18.8 Å². The number of hydrogen-bond acceptors (Lipinski definition) is 4. The molecule has 1 saturated carbocycles. The molecule has 0 saturated heterocycles. The molecule has 118 valence electrons. The summed E-state index contributed by atoms with van der Waals surface area (Å²) in [6, 6.07) is -0.234. The third-order valence-electron chi connectivity index (χ3n) is 3.92. The second kappa shape index (κ2) is 8.34. The zero-order valence-electron chi connectivity index (χ0n) is 12.8. The fraction of sp³-hybridized carbons (Fsp3) is 0.733. The van der Waals surface area contributed by atoms with Crippen LogP contribution in [0.4, 0.5) is 4.79 Å². The molecule has 0 radical (unpaired) electrons. The van der Waals surface area contributed by atoms with Gasteiger partial charge in [0.2, 0.25) is 0 Å². The van der Waals surface area contributed by atoms with E-state index in [0.717, 1.165) is 11.4 Å². The van der Waals surface area contributed by atoms with Gasteiger partial charge in [0.15, 0.2) is 0 Å². The summed E-state index contributed by atoms with van der Waals surface area (Å²) in [5, 5.41) is 8.53. The number of nitrogens with zero attached hydrogens (tertiary/aromatic N) is 1. The maximum atomic E-state index is 11.8. The van der Waals surface area contributed by atoms with E-state index in [9.17, 15) is 4.79 Å². The Hall–Kier alpha value is -1.14. The zero-order chi connectivity index (χ0) is 15.1. The molecule has 1 aromatic rings. The molecule has 2 amide bonds. The van der Waals surface area contributed by atoms with Gasteiger partial charge in [-0.2, -0.15) is 0 Å². The number of carbonyl (C=O) groups is 1. The Morgan fingerprint density at radius 2 is 2.33 bits per heavy atom. The topological polar surface area (TPSA) is 63.2 Å². The highest BCUT2D eigenvalue weighted by molar-refractivity contribution is 7.09. The molecule has 6 heteroatoms. The number of carbonyl (C=O) groups excluding carboxylic acids is 1. The van der Waals surface area contributed by atoms with Gasteiger partial charge in [0, 0.05) is 18.1 Å². The number of rotatable bonds is 6. The number of nitrogens with one attached hydrogen (secondary N) is 2. The summed E-state index contributed by atoms with van der Waals surface area (Å²) in [4.78, 5) is 15.9. The highest BCUT2D eigenvalue weighted by Crippen LogP contribution is 2.25. The van der Waals surface area contributed by atoms with E-state index < -0.39 is 0 Å². The second-order valence-electron chi connectivity index (χ2n) is 5.66. The van der Waals surface area contributed by atoms with Crippen LogP contribution in [0.1, 0.15) is 50.6 Å². The first-order valence-electron chi connectivity index (χ1n) is 7.72. The normalized spacial score (nSPS) is 23.5. The molecule has 5 nitrogen and oxygen atoms in total. The van der Waals surface area contributed by atoms with Gasteiger partial charge in [-0.15, -0.1) is 11.3 Å². The standard InChI is InChI=1S/C15H25N3O2S/c1-11-5-3-4-6-13(11)20-9-7-17-15(19)18-12(2)14-16-8-10-21-14/h8,10-13H,3-7,9H2,1-2H3,(H2,17,18,19)/t11-,12+,13+/m1/s1. The van der Waals surface area contributed by atoms with E-state index in [1.54, 1.807) is 17.5 Å². The molecule has 3 atom stereocenters. The fourth-order valence-electron chi connectivity index (χ4n) is 2.66. The van der Waals surface area contributed by atoms with Crippen LogP contribution >= 0.6 is 11.3 Å². The molecule has 1 fully saturated rings. The maximum Gasteiger partial charge on any atom is 0.315 e. The highest BCUT2D eigenvalue weighted by atomic mass is 32.1. The van der Waals surface area contributed by atoms with E-state index in [1.165, 1.54) is 19.3 Å². The quantitative estimate of drug-likeness (QED) is 0.794. The average molecular weight is 311 g/mol. The van der Waals surface area contributed by atoms with Crippen LogP contribution in [-0.2, 0) is 4.74 Å². The van der Waals surface area contributed by atoms with Crippen molar-refractivity contribution >= 4 is 17.4 Å². The smallest absolute Gasteiger partial charge is 0.315 e. The van der Waals surface area contributed by atoms with Gasteiger partial charge in [-0.3, -0.25) is 0 Å². The summed E-state index contributed by atoms with van der Waals surface area (Å²) < 4.78 is 5.87. The van der Waals surface area contributed by atoms with Crippen LogP contribution in [0.15, 0.2) is 11.6 Å². The van der Waals surface area contributed by atoms with Crippen LogP contribution in [0.5, 0.6) is 0 Å². The molecule has 0 aliphatic heterocycles.